The first-order valence-corrected chi connectivity index (χ1v) is 11.5. The molecule has 0 spiro atoms. The number of hydrogen-bond donors (Lipinski definition) is 0. The molecular weight excluding hydrogens is 426 g/mol. The maximum absolute atomic E-state index is 14.1. The number of halogens is 1. The molecule has 1 aromatic carbocycles. The number of ether oxygens (including phenoxy) is 1. The van der Waals surface area contributed by atoms with Gasteiger partial charge in [0.05, 0.1) is 17.6 Å². The Morgan fingerprint density at radius 1 is 1.15 bits per heavy atom. The molecule has 1 atom stereocenters. The molecule has 2 saturated heterocycles. The van der Waals surface area contributed by atoms with Crippen molar-refractivity contribution in [2.45, 2.75) is 84.7 Å². The minimum Gasteiger partial charge on any atom is -0.444 e. The van der Waals surface area contributed by atoms with Gasteiger partial charge < -0.3 is 23.8 Å². The highest BCUT2D eigenvalue weighted by Gasteiger charge is 2.52. The molecule has 0 bridgehead atoms. The summed E-state index contributed by atoms with van der Waals surface area (Å²) in [5, 5.41) is 0. The Kier molecular flexibility index (Phi) is 6.88. The number of benzene rings is 1. The van der Waals surface area contributed by atoms with Gasteiger partial charge >= 0.3 is 13.2 Å². The molecule has 0 saturated carbocycles. The van der Waals surface area contributed by atoms with Gasteiger partial charge in [-0.05, 0) is 78.5 Å². The summed E-state index contributed by atoms with van der Waals surface area (Å²) in [6, 6.07) is 4.18. The van der Waals surface area contributed by atoms with Crippen LogP contribution in [0.25, 0.3) is 0 Å². The summed E-state index contributed by atoms with van der Waals surface area (Å²) in [7, 11) is -0.753. The Morgan fingerprint density at radius 3 is 2.30 bits per heavy atom. The van der Waals surface area contributed by atoms with Crippen LogP contribution in [0.15, 0.2) is 18.2 Å². The van der Waals surface area contributed by atoms with Crippen molar-refractivity contribution in [3.8, 4) is 0 Å². The van der Waals surface area contributed by atoms with Crippen LogP contribution < -0.4 is 5.46 Å². The van der Waals surface area contributed by atoms with Gasteiger partial charge in [0.15, 0.2) is 0 Å². The van der Waals surface area contributed by atoms with E-state index in [1.54, 1.807) is 15.9 Å². The standard InChI is InChI=1S/C24H36BFN2O5/c1-16-15-27(11-12-28(16)21(30)31-22(2,3)4)20(29)13-17-9-10-18(26)14-19(17)25-32-23(5,6)24(7,8)33-25/h9-10,14,16H,11-13,15H2,1-8H3. The topological polar surface area (TPSA) is 68.3 Å². The predicted octanol–water partition coefficient (Wildman–Crippen LogP) is 3.14. The van der Waals surface area contributed by atoms with Crippen LogP contribution in [-0.4, -0.2) is 71.4 Å². The summed E-state index contributed by atoms with van der Waals surface area (Å²) in [4.78, 5) is 29.0. The van der Waals surface area contributed by atoms with Gasteiger partial charge in [-0.15, -0.1) is 0 Å². The quantitative estimate of drug-likeness (QED) is 0.646. The van der Waals surface area contributed by atoms with Gasteiger partial charge in [0.1, 0.15) is 11.4 Å². The van der Waals surface area contributed by atoms with Crippen LogP contribution in [-0.2, 0) is 25.3 Å². The van der Waals surface area contributed by atoms with E-state index in [4.69, 9.17) is 14.0 Å². The molecule has 182 valence electrons. The molecule has 2 heterocycles. The Balaban J connectivity index is 1.70. The fourth-order valence-electron chi connectivity index (χ4n) is 3.97. The van der Waals surface area contributed by atoms with Crippen molar-refractivity contribution in [1.82, 2.24) is 9.80 Å². The van der Waals surface area contributed by atoms with E-state index in [1.165, 1.54) is 12.1 Å². The summed E-state index contributed by atoms with van der Waals surface area (Å²) in [6.45, 7) is 16.3. The van der Waals surface area contributed by atoms with E-state index in [2.05, 4.69) is 0 Å². The molecule has 1 unspecified atom stereocenters. The number of carbonyl (C=O) groups excluding carboxylic acids is 2. The van der Waals surface area contributed by atoms with Gasteiger partial charge in [0.2, 0.25) is 5.91 Å². The molecule has 9 heteroatoms. The smallest absolute Gasteiger partial charge is 0.444 e. The zero-order chi connectivity index (χ0) is 24.8. The average molecular weight is 462 g/mol. The van der Waals surface area contributed by atoms with Crippen molar-refractivity contribution in [3.63, 3.8) is 0 Å². The SMILES string of the molecule is CC1CN(C(=O)Cc2ccc(F)cc2B2OC(C)(C)C(C)(C)O2)CCN1C(=O)OC(C)(C)C. The van der Waals surface area contributed by atoms with Crippen LogP contribution in [0.4, 0.5) is 9.18 Å². The monoisotopic (exact) mass is 462 g/mol. The molecular formula is C24H36BFN2O5. The zero-order valence-corrected chi connectivity index (χ0v) is 21.0. The lowest BCUT2D eigenvalue weighted by Crippen LogP contribution is -2.56. The van der Waals surface area contributed by atoms with Crippen LogP contribution >= 0.6 is 0 Å². The summed E-state index contributed by atoms with van der Waals surface area (Å²) in [5.41, 5.74) is -0.516. The van der Waals surface area contributed by atoms with E-state index in [1.807, 2.05) is 55.4 Å². The lowest BCUT2D eigenvalue weighted by atomic mass is 9.75. The third-order valence-corrected chi connectivity index (χ3v) is 6.56. The molecule has 2 fully saturated rings. The molecule has 7 nitrogen and oxygen atoms in total. The first-order valence-electron chi connectivity index (χ1n) is 11.5. The van der Waals surface area contributed by atoms with E-state index in [0.717, 1.165) is 0 Å². The van der Waals surface area contributed by atoms with Gasteiger partial charge in [0.25, 0.3) is 0 Å². The predicted molar refractivity (Wildman–Crippen MR) is 125 cm³/mol. The highest BCUT2D eigenvalue weighted by Crippen LogP contribution is 2.36. The Morgan fingerprint density at radius 2 is 1.76 bits per heavy atom. The fourth-order valence-corrected chi connectivity index (χ4v) is 3.97. The van der Waals surface area contributed by atoms with Crippen molar-refractivity contribution < 1.29 is 28.0 Å². The van der Waals surface area contributed by atoms with E-state index < -0.39 is 29.7 Å². The van der Waals surface area contributed by atoms with Crippen molar-refractivity contribution >= 4 is 24.6 Å². The molecule has 2 aliphatic rings. The summed E-state index contributed by atoms with van der Waals surface area (Å²) in [6.07, 6.45) is -0.276. The lowest BCUT2D eigenvalue weighted by Gasteiger charge is -2.40. The van der Waals surface area contributed by atoms with Gasteiger partial charge in [-0.3, -0.25) is 4.79 Å². The van der Waals surface area contributed by atoms with Crippen LogP contribution in [0.5, 0.6) is 0 Å². The Bertz CT molecular complexity index is 899. The molecule has 0 aliphatic carbocycles. The number of rotatable bonds is 3. The molecule has 2 aliphatic heterocycles. The lowest BCUT2D eigenvalue weighted by molar-refractivity contribution is -0.133. The highest BCUT2D eigenvalue weighted by molar-refractivity contribution is 6.62. The minimum atomic E-state index is -0.753. The largest absolute Gasteiger partial charge is 0.495 e. The molecule has 33 heavy (non-hydrogen) atoms. The van der Waals surface area contributed by atoms with Crippen molar-refractivity contribution in [2.24, 2.45) is 0 Å². The van der Waals surface area contributed by atoms with Gasteiger partial charge in [-0.25, -0.2) is 9.18 Å². The maximum atomic E-state index is 14.1. The Labute approximate surface area is 196 Å². The number of amides is 2. The number of hydrogen-bond acceptors (Lipinski definition) is 5. The van der Waals surface area contributed by atoms with E-state index in [-0.39, 0.29) is 24.5 Å². The Hall–Kier alpha value is -2.13. The molecule has 2 amide bonds. The zero-order valence-electron chi connectivity index (χ0n) is 21.0. The minimum absolute atomic E-state index is 0.0879. The van der Waals surface area contributed by atoms with Gasteiger partial charge in [-0.2, -0.15) is 0 Å². The number of nitrogens with zero attached hydrogens (tertiary/aromatic N) is 2. The van der Waals surface area contributed by atoms with Crippen LogP contribution in [0.1, 0.15) is 61.0 Å². The second kappa shape index (κ2) is 8.91. The third-order valence-electron chi connectivity index (χ3n) is 6.56. The fraction of sp³-hybridized carbons (Fsp3) is 0.667. The van der Waals surface area contributed by atoms with Crippen molar-refractivity contribution in [1.29, 1.82) is 0 Å². The summed E-state index contributed by atoms with van der Waals surface area (Å²) < 4.78 is 31.8. The van der Waals surface area contributed by atoms with Crippen LogP contribution in [0, 0.1) is 5.82 Å². The van der Waals surface area contributed by atoms with Crippen molar-refractivity contribution in [3.05, 3.63) is 29.6 Å². The van der Waals surface area contributed by atoms with Gasteiger partial charge in [-0.1, -0.05) is 6.07 Å². The second-order valence-electron chi connectivity index (χ2n) is 11.0. The van der Waals surface area contributed by atoms with E-state index in [0.29, 0.717) is 30.7 Å². The maximum Gasteiger partial charge on any atom is 0.495 e. The highest BCUT2D eigenvalue weighted by atomic mass is 19.1. The van der Waals surface area contributed by atoms with E-state index >= 15 is 0 Å². The molecule has 0 aromatic heterocycles. The average Bonchev–Trinajstić information content (AvgIpc) is 2.88. The van der Waals surface area contributed by atoms with Crippen LogP contribution in [0.2, 0.25) is 0 Å². The summed E-state index contributed by atoms with van der Waals surface area (Å²) >= 11 is 0. The summed E-state index contributed by atoms with van der Waals surface area (Å²) in [5.74, 6) is -0.495. The molecule has 1 aromatic rings. The van der Waals surface area contributed by atoms with E-state index in [9.17, 15) is 14.0 Å². The molecule has 0 N–H and O–H groups in total. The second-order valence-corrected chi connectivity index (χ2v) is 11.0. The normalized spacial score (nSPS) is 22.5. The first kappa shape index (κ1) is 25.5. The van der Waals surface area contributed by atoms with Gasteiger partial charge in [0, 0.05) is 25.7 Å². The molecule has 0 radical (unpaired) electrons. The number of carbonyl (C=O) groups is 2. The molecule has 3 rings (SSSR count). The van der Waals surface area contributed by atoms with Crippen molar-refractivity contribution in [2.75, 3.05) is 19.6 Å². The first-order chi connectivity index (χ1) is 15.1. The number of piperazine rings is 1. The van der Waals surface area contributed by atoms with Crippen LogP contribution in [0.3, 0.4) is 0 Å². The third kappa shape index (κ3) is 5.69.